The lowest BCUT2D eigenvalue weighted by Crippen LogP contribution is -2.48. The average molecular weight is 305 g/mol. The van der Waals surface area contributed by atoms with Crippen molar-refractivity contribution in [3.05, 3.63) is 18.1 Å². The molecule has 0 amide bonds. The summed E-state index contributed by atoms with van der Waals surface area (Å²) in [5.74, 6) is 0.244. The van der Waals surface area contributed by atoms with Crippen molar-refractivity contribution in [3.8, 4) is 0 Å². The zero-order valence-electron chi connectivity index (χ0n) is 12.1. The number of carbonyl (C=O) groups is 1. The average Bonchev–Trinajstić information content (AvgIpc) is 2.43. The first kappa shape index (κ1) is 17.2. The Hall–Kier alpha value is -1.86. The third kappa shape index (κ3) is 4.57. The maximum atomic E-state index is 12.3. The van der Waals surface area contributed by atoms with Gasteiger partial charge in [0, 0.05) is 19.0 Å². The Kier molecular flexibility index (Phi) is 5.92. The molecular formula is C13H18F3N3O2. The summed E-state index contributed by atoms with van der Waals surface area (Å²) in [5, 5.41) is 0. The molecule has 0 saturated carbocycles. The lowest BCUT2D eigenvalue weighted by molar-refractivity contribution is -0.142. The monoisotopic (exact) mass is 305 g/mol. The molecule has 2 heterocycles. The fourth-order valence-electron chi connectivity index (χ4n) is 1.84. The van der Waals surface area contributed by atoms with Crippen molar-refractivity contribution >= 4 is 11.8 Å². The maximum absolute atomic E-state index is 12.3. The van der Waals surface area contributed by atoms with E-state index in [4.69, 9.17) is 0 Å². The van der Waals surface area contributed by atoms with E-state index < -0.39 is 11.9 Å². The summed E-state index contributed by atoms with van der Waals surface area (Å²) in [6, 6.07) is 0. The Bertz CT molecular complexity index is 457. The molecule has 1 aliphatic heterocycles. The number of hydrogen-bond donors (Lipinski definition) is 0. The second-order valence-electron chi connectivity index (χ2n) is 4.31. The smallest absolute Gasteiger partial charge is 0.434 e. The van der Waals surface area contributed by atoms with E-state index in [2.05, 4.69) is 14.7 Å². The summed E-state index contributed by atoms with van der Waals surface area (Å²) in [6.07, 6.45) is -2.37. The Morgan fingerprint density at radius 1 is 1.33 bits per heavy atom. The predicted octanol–water partition coefficient (Wildman–Crippen LogP) is 2.52. The lowest BCUT2D eigenvalue weighted by atomic mass is 9.96. The van der Waals surface area contributed by atoms with Crippen molar-refractivity contribution < 1.29 is 22.7 Å². The van der Waals surface area contributed by atoms with Gasteiger partial charge in [0.1, 0.15) is 5.82 Å². The van der Waals surface area contributed by atoms with Crippen LogP contribution < -0.4 is 4.90 Å². The van der Waals surface area contributed by atoms with Crippen LogP contribution in [0.4, 0.5) is 19.0 Å². The van der Waals surface area contributed by atoms with Gasteiger partial charge in [-0.25, -0.2) is 9.97 Å². The van der Waals surface area contributed by atoms with Crippen LogP contribution in [0.2, 0.25) is 0 Å². The molecule has 0 radical (unpaired) electrons. The Morgan fingerprint density at radius 3 is 2.38 bits per heavy atom. The van der Waals surface area contributed by atoms with E-state index in [9.17, 15) is 18.0 Å². The molecule has 0 N–H and O–H groups in total. The first-order chi connectivity index (χ1) is 9.90. The quantitative estimate of drug-likeness (QED) is 0.803. The normalized spacial score (nSPS) is 14.9. The molecule has 21 heavy (non-hydrogen) atoms. The topological polar surface area (TPSA) is 55.3 Å². The minimum Gasteiger partial charge on any atom is -0.469 e. The molecule has 0 unspecified atom stereocenters. The summed E-state index contributed by atoms with van der Waals surface area (Å²) in [7, 11) is 1.32. The summed E-state index contributed by atoms with van der Waals surface area (Å²) < 4.78 is 41.4. The van der Waals surface area contributed by atoms with Gasteiger partial charge in [0.15, 0.2) is 5.69 Å². The second-order valence-corrected chi connectivity index (χ2v) is 4.31. The fourth-order valence-corrected chi connectivity index (χ4v) is 1.84. The molecule has 5 nitrogen and oxygen atoms in total. The predicted molar refractivity (Wildman–Crippen MR) is 70.7 cm³/mol. The van der Waals surface area contributed by atoms with Gasteiger partial charge in [-0.15, -0.1) is 0 Å². The van der Waals surface area contributed by atoms with Crippen molar-refractivity contribution in [3.63, 3.8) is 0 Å². The number of hydrogen-bond acceptors (Lipinski definition) is 5. The molecule has 1 saturated heterocycles. The Morgan fingerprint density at radius 2 is 1.95 bits per heavy atom. The minimum atomic E-state index is -4.48. The SMILES string of the molecule is CC.COC(=O)CC1CN(c2cnc(C(F)(F)F)cn2)C1. The fraction of sp³-hybridized carbons (Fsp3) is 0.615. The molecular weight excluding hydrogens is 287 g/mol. The van der Waals surface area contributed by atoms with Crippen LogP contribution in [0.25, 0.3) is 0 Å². The molecule has 2 rings (SSSR count). The zero-order valence-corrected chi connectivity index (χ0v) is 12.1. The number of nitrogens with zero attached hydrogens (tertiary/aromatic N) is 3. The van der Waals surface area contributed by atoms with E-state index in [1.165, 1.54) is 7.11 Å². The molecule has 1 aromatic heterocycles. The van der Waals surface area contributed by atoms with E-state index in [-0.39, 0.29) is 11.9 Å². The van der Waals surface area contributed by atoms with Gasteiger partial charge in [-0.2, -0.15) is 13.2 Å². The van der Waals surface area contributed by atoms with E-state index in [0.717, 1.165) is 6.20 Å². The van der Waals surface area contributed by atoms with Gasteiger partial charge in [-0.3, -0.25) is 4.79 Å². The first-order valence-corrected chi connectivity index (χ1v) is 6.61. The summed E-state index contributed by atoms with van der Waals surface area (Å²) >= 11 is 0. The molecule has 0 aliphatic carbocycles. The largest absolute Gasteiger partial charge is 0.469 e. The van der Waals surface area contributed by atoms with E-state index in [1.54, 1.807) is 4.90 Å². The number of alkyl halides is 3. The van der Waals surface area contributed by atoms with Crippen molar-refractivity contribution in [2.45, 2.75) is 26.4 Å². The van der Waals surface area contributed by atoms with Gasteiger partial charge >= 0.3 is 12.1 Å². The second kappa shape index (κ2) is 7.24. The van der Waals surface area contributed by atoms with E-state index >= 15 is 0 Å². The van der Waals surface area contributed by atoms with Crippen LogP contribution in [0.1, 0.15) is 26.0 Å². The summed E-state index contributed by atoms with van der Waals surface area (Å²) in [5.41, 5.74) is -1.01. The number of ether oxygens (including phenoxy) is 1. The van der Waals surface area contributed by atoms with Crippen molar-refractivity contribution in [2.24, 2.45) is 5.92 Å². The van der Waals surface area contributed by atoms with Gasteiger partial charge < -0.3 is 9.64 Å². The molecule has 1 fully saturated rings. The van der Waals surface area contributed by atoms with Gasteiger partial charge in [0.25, 0.3) is 0 Å². The van der Waals surface area contributed by atoms with Gasteiger partial charge in [-0.1, -0.05) is 13.8 Å². The van der Waals surface area contributed by atoms with Gasteiger partial charge in [0.2, 0.25) is 0 Å². The lowest BCUT2D eigenvalue weighted by Gasteiger charge is -2.39. The van der Waals surface area contributed by atoms with Gasteiger partial charge in [0.05, 0.1) is 25.9 Å². The number of esters is 1. The molecule has 0 aromatic carbocycles. The molecule has 0 atom stereocenters. The highest BCUT2D eigenvalue weighted by Gasteiger charge is 2.34. The third-order valence-corrected chi connectivity index (χ3v) is 2.89. The third-order valence-electron chi connectivity index (χ3n) is 2.89. The molecule has 8 heteroatoms. The van der Waals surface area contributed by atoms with Crippen LogP contribution >= 0.6 is 0 Å². The Labute approximate surface area is 121 Å². The molecule has 0 spiro atoms. The maximum Gasteiger partial charge on any atom is 0.434 e. The van der Waals surface area contributed by atoms with Crippen molar-refractivity contribution in [1.29, 1.82) is 0 Å². The van der Waals surface area contributed by atoms with Crippen LogP contribution in [0.5, 0.6) is 0 Å². The minimum absolute atomic E-state index is 0.150. The van der Waals surface area contributed by atoms with Crippen LogP contribution in [-0.4, -0.2) is 36.1 Å². The number of rotatable bonds is 3. The van der Waals surface area contributed by atoms with Gasteiger partial charge in [-0.05, 0) is 0 Å². The van der Waals surface area contributed by atoms with Crippen molar-refractivity contribution in [2.75, 3.05) is 25.1 Å². The van der Waals surface area contributed by atoms with Crippen LogP contribution in [0.15, 0.2) is 12.4 Å². The first-order valence-electron chi connectivity index (χ1n) is 6.61. The standard InChI is InChI=1S/C11H12F3N3O2.C2H6/c1-19-10(18)2-7-5-17(6-7)9-4-15-8(3-16-9)11(12,13)14;1-2/h3-4,7H,2,5-6H2,1H3;1-2H3. The molecule has 1 aromatic rings. The molecule has 118 valence electrons. The van der Waals surface area contributed by atoms with Crippen LogP contribution in [-0.2, 0) is 15.7 Å². The number of carbonyl (C=O) groups excluding carboxylic acids is 1. The van der Waals surface area contributed by atoms with E-state index in [1.807, 2.05) is 13.8 Å². The highest BCUT2D eigenvalue weighted by molar-refractivity contribution is 5.70. The van der Waals surface area contributed by atoms with E-state index in [0.29, 0.717) is 31.5 Å². The Balaban J connectivity index is 0.00000106. The summed E-state index contributed by atoms with van der Waals surface area (Å²) in [6.45, 7) is 5.13. The summed E-state index contributed by atoms with van der Waals surface area (Å²) in [4.78, 5) is 19.8. The molecule has 0 bridgehead atoms. The molecule has 1 aliphatic rings. The highest BCUT2D eigenvalue weighted by Crippen LogP contribution is 2.29. The number of anilines is 1. The van der Waals surface area contributed by atoms with Crippen LogP contribution in [0, 0.1) is 5.92 Å². The highest BCUT2D eigenvalue weighted by atomic mass is 19.4. The van der Waals surface area contributed by atoms with Crippen LogP contribution in [0.3, 0.4) is 0 Å². The number of aromatic nitrogens is 2. The number of methoxy groups -OCH3 is 1. The zero-order chi connectivity index (χ0) is 16.0. The van der Waals surface area contributed by atoms with Crippen molar-refractivity contribution in [1.82, 2.24) is 9.97 Å². The number of halogens is 3.